The zero-order valence-corrected chi connectivity index (χ0v) is 11.4. The van der Waals surface area contributed by atoms with E-state index in [0.29, 0.717) is 0 Å². The van der Waals surface area contributed by atoms with Crippen molar-refractivity contribution in [3.8, 4) is 0 Å². The molecule has 0 spiro atoms. The molecular weight excluding hydrogens is 326 g/mol. The first-order chi connectivity index (χ1) is 8.83. The van der Waals surface area contributed by atoms with Crippen molar-refractivity contribution < 1.29 is 58.2 Å². The molecular formula is C6H14O12P2. The molecule has 0 radical (unpaired) electrons. The summed E-state index contributed by atoms with van der Waals surface area (Å²) in [6.07, 6.45) is -12.8. The van der Waals surface area contributed by atoms with Gasteiger partial charge in [-0.2, -0.15) is 0 Å². The molecule has 0 aliphatic heterocycles. The fourth-order valence-corrected chi connectivity index (χ4v) is 2.87. The summed E-state index contributed by atoms with van der Waals surface area (Å²) in [6, 6.07) is 0. The molecule has 8 N–H and O–H groups in total. The molecule has 1 aliphatic carbocycles. The molecule has 12 nitrogen and oxygen atoms in total. The van der Waals surface area contributed by atoms with Gasteiger partial charge in [-0.15, -0.1) is 0 Å². The van der Waals surface area contributed by atoms with Crippen molar-refractivity contribution in [1.29, 1.82) is 0 Å². The minimum absolute atomic E-state index is 2.07. The Morgan fingerprint density at radius 2 is 0.850 bits per heavy atom. The number of phosphoric ester groups is 2. The minimum Gasteiger partial charge on any atom is -0.387 e. The summed E-state index contributed by atoms with van der Waals surface area (Å²) in [5.41, 5.74) is 0. The van der Waals surface area contributed by atoms with E-state index in [2.05, 4.69) is 9.05 Å². The third-order valence-electron chi connectivity index (χ3n) is 2.56. The van der Waals surface area contributed by atoms with Crippen LogP contribution >= 0.6 is 15.6 Å². The largest absolute Gasteiger partial charge is 0.470 e. The van der Waals surface area contributed by atoms with E-state index >= 15 is 0 Å². The van der Waals surface area contributed by atoms with Gasteiger partial charge < -0.3 is 40.0 Å². The van der Waals surface area contributed by atoms with E-state index in [0.717, 1.165) is 0 Å². The Morgan fingerprint density at radius 1 is 0.600 bits per heavy atom. The maximum absolute atomic E-state index is 10.7. The predicted octanol–water partition coefficient (Wildman–Crippen LogP) is -3.60. The van der Waals surface area contributed by atoms with Gasteiger partial charge in [-0.05, 0) is 0 Å². The SMILES string of the molecule is O=P(O)(O)O[C@@H]1[C@H](O)[C@H](O)[C@@H](O)[C@H](O)[C@H]1OP(=O)(O)O. The molecule has 0 heterocycles. The Balaban J connectivity index is 3.09. The summed E-state index contributed by atoms with van der Waals surface area (Å²) < 4.78 is 29.6. The summed E-state index contributed by atoms with van der Waals surface area (Å²) in [5.74, 6) is 0. The van der Waals surface area contributed by atoms with Crippen molar-refractivity contribution >= 4 is 15.6 Å². The third kappa shape index (κ3) is 4.53. The molecule has 0 amide bonds. The van der Waals surface area contributed by atoms with Crippen molar-refractivity contribution in [3.63, 3.8) is 0 Å². The highest BCUT2D eigenvalue weighted by molar-refractivity contribution is 7.46. The molecule has 120 valence electrons. The number of hydrogen-bond acceptors (Lipinski definition) is 8. The highest BCUT2D eigenvalue weighted by Gasteiger charge is 2.53. The fraction of sp³-hybridized carbons (Fsp3) is 1.00. The van der Waals surface area contributed by atoms with E-state index < -0.39 is 52.3 Å². The lowest BCUT2D eigenvalue weighted by atomic mass is 9.85. The van der Waals surface area contributed by atoms with Gasteiger partial charge >= 0.3 is 15.6 Å². The average molecular weight is 340 g/mol. The maximum atomic E-state index is 10.7. The van der Waals surface area contributed by atoms with Gasteiger partial charge in [0, 0.05) is 0 Å². The Hall–Kier alpha value is 0.0600. The van der Waals surface area contributed by atoms with Crippen LogP contribution in [0.2, 0.25) is 0 Å². The molecule has 20 heavy (non-hydrogen) atoms. The van der Waals surface area contributed by atoms with Crippen LogP contribution in [0.1, 0.15) is 0 Å². The molecule has 1 fully saturated rings. The first-order valence-electron chi connectivity index (χ1n) is 5.03. The van der Waals surface area contributed by atoms with Gasteiger partial charge in [-0.3, -0.25) is 9.05 Å². The second kappa shape index (κ2) is 6.05. The Morgan fingerprint density at radius 3 is 1.05 bits per heavy atom. The monoisotopic (exact) mass is 340 g/mol. The van der Waals surface area contributed by atoms with E-state index in [4.69, 9.17) is 19.6 Å². The second-order valence-corrected chi connectivity index (χ2v) is 6.47. The summed E-state index contributed by atoms with van der Waals surface area (Å²) in [6.45, 7) is 0. The molecule has 0 aromatic rings. The molecule has 14 heteroatoms. The predicted molar refractivity (Wildman–Crippen MR) is 57.9 cm³/mol. The quantitative estimate of drug-likeness (QED) is 0.233. The van der Waals surface area contributed by atoms with Crippen LogP contribution in [0.3, 0.4) is 0 Å². The van der Waals surface area contributed by atoms with Gasteiger partial charge in [0.15, 0.2) is 0 Å². The fourth-order valence-electron chi connectivity index (χ4n) is 1.74. The molecule has 6 atom stereocenters. The van der Waals surface area contributed by atoms with Gasteiger partial charge in [-0.1, -0.05) is 0 Å². The Bertz CT molecular complexity index is 388. The zero-order valence-electron chi connectivity index (χ0n) is 9.57. The van der Waals surface area contributed by atoms with Crippen LogP contribution in [0.4, 0.5) is 0 Å². The van der Waals surface area contributed by atoms with Crippen molar-refractivity contribution in [2.75, 3.05) is 0 Å². The molecule has 0 aromatic carbocycles. The van der Waals surface area contributed by atoms with E-state index in [-0.39, 0.29) is 0 Å². The van der Waals surface area contributed by atoms with Crippen LogP contribution in [0.15, 0.2) is 0 Å². The van der Waals surface area contributed by atoms with E-state index in [1.54, 1.807) is 0 Å². The lowest BCUT2D eigenvalue weighted by Crippen LogP contribution is -2.64. The first-order valence-corrected chi connectivity index (χ1v) is 8.10. The summed E-state index contributed by atoms with van der Waals surface area (Å²) in [5, 5.41) is 37.8. The minimum atomic E-state index is -5.24. The van der Waals surface area contributed by atoms with E-state index in [1.165, 1.54) is 0 Å². The lowest BCUT2D eigenvalue weighted by molar-refractivity contribution is -0.216. The van der Waals surface area contributed by atoms with E-state index in [9.17, 15) is 29.6 Å². The first kappa shape index (κ1) is 18.1. The smallest absolute Gasteiger partial charge is 0.387 e. The van der Waals surface area contributed by atoms with Gasteiger partial charge in [-0.25, -0.2) is 9.13 Å². The summed E-state index contributed by atoms with van der Waals surface area (Å²) in [4.78, 5) is 34.6. The summed E-state index contributed by atoms with van der Waals surface area (Å²) >= 11 is 0. The molecule has 0 bridgehead atoms. The van der Waals surface area contributed by atoms with Crippen LogP contribution in [0.25, 0.3) is 0 Å². The number of rotatable bonds is 4. The van der Waals surface area contributed by atoms with Gasteiger partial charge in [0.25, 0.3) is 0 Å². The standard InChI is InChI=1S/C6H14O12P2/c7-1-2(8)4(10)6(18-20(14,15)16)5(3(1)9)17-19(11,12)13/h1-10H,(H2,11,12,13)(H2,14,15,16)/t1-,2-,3-,4+,5-,6-/m1/s1. The maximum Gasteiger partial charge on any atom is 0.470 e. The number of aliphatic hydroxyl groups is 4. The molecule has 1 saturated carbocycles. The van der Waals surface area contributed by atoms with Crippen molar-refractivity contribution in [3.05, 3.63) is 0 Å². The molecule has 0 aromatic heterocycles. The molecule has 0 unspecified atom stereocenters. The van der Waals surface area contributed by atoms with Crippen molar-refractivity contribution in [2.24, 2.45) is 0 Å². The van der Waals surface area contributed by atoms with Gasteiger partial charge in [0.05, 0.1) is 0 Å². The average Bonchev–Trinajstić information content (AvgIpc) is 2.25. The van der Waals surface area contributed by atoms with Crippen molar-refractivity contribution in [2.45, 2.75) is 36.6 Å². The number of hydrogen-bond donors (Lipinski definition) is 8. The van der Waals surface area contributed by atoms with Gasteiger partial charge in [0.1, 0.15) is 36.6 Å². The third-order valence-corrected chi connectivity index (χ3v) is 3.60. The van der Waals surface area contributed by atoms with E-state index in [1.807, 2.05) is 0 Å². The Kier molecular flexibility index (Phi) is 5.48. The number of aliphatic hydroxyl groups excluding tert-OH is 4. The number of phosphoric acid groups is 2. The zero-order chi connectivity index (χ0) is 15.9. The summed E-state index contributed by atoms with van der Waals surface area (Å²) in [7, 11) is -10.5. The highest BCUT2D eigenvalue weighted by Crippen LogP contribution is 2.46. The highest BCUT2D eigenvalue weighted by atomic mass is 31.2. The lowest BCUT2D eigenvalue weighted by Gasteiger charge is -2.42. The molecule has 0 saturated heterocycles. The van der Waals surface area contributed by atoms with Crippen LogP contribution in [-0.2, 0) is 18.2 Å². The Labute approximate surface area is 111 Å². The topological polar surface area (TPSA) is 214 Å². The van der Waals surface area contributed by atoms with Crippen LogP contribution < -0.4 is 0 Å². The second-order valence-electron chi connectivity index (χ2n) is 4.08. The van der Waals surface area contributed by atoms with Crippen molar-refractivity contribution in [1.82, 2.24) is 0 Å². The molecule has 1 aliphatic rings. The van der Waals surface area contributed by atoms with Crippen LogP contribution in [0.5, 0.6) is 0 Å². The normalized spacial score (nSPS) is 39.8. The van der Waals surface area contributed by atoms with Crippen LogP contribution in [-0.4, -0.2) is 76.6 Å². The molecule has 1 rings (SSSR count). The van der Waals surface area contributed by atoms with Crippen LogP contribution in [0, 0.1) is 0 Å². The van der Waals surface area contributed by atoms with Gasteiger partial charge in [0.2, 0.25) is 0 Å².